The van der Waals surface area contributed by atoms with Crippen molar-refractivity contribution in [2.75, 3.05) is 0 Å². The maximum Gasteiger partial charge on any atom is 0.273 e. The van der Waals surface area contributed by atoms with E-state index in [2.05, 4.69) is 33.1 Å². The maximum absolute atomic E-state index is 13.6. The first-order valence-electron chi connectivity index (χ1n) is 10.2. The molecule has 1 aromatic heterocycles. The number of carbonyl (C=O) groups excluding carboxylic acids is 2. The second kappa shape index (κ2) is 8.85. The SMILES string of the molecule is CCC[C@H](N(NC(=O)c1cc(C)oc1C)C(=O)c1cc(C)cc(C)c1)C(C)(C)C. The van der Waals surface area contributed by atoms with Crippen LogP contribution in [0.15, 0.2) is 28.7 Å². The molecule has 1 N–H and O–H groups in total. The van der Waals surface area contributed by atoms with E-state index in [1.165, 1.54) is 5.01 Å². The first-order valence-corrected chi connectivity index (χ1v) is 10.2. The molecule has 2 amide bonds. The van der Waals surface area contributed by atoms with Gasteiger partial charge in [-0.15, -0.1) is 0 Å². The quantitative estimate of drug-likeness (QED) is 0.675. The highest BCUT2D eigenvalue weighted by molar-refractivity contribution is 6.00. The third kappa shape index (κ3) is 5.49. The summed E-state index contributed by atoms with van der Waals surface area (Å²) in [7, 11) is 0. The minimum absolute atomic E-state index is 0.155. The predicted molar refractivity (Wildman–Crippen MR) is 116 cm³/mol. The van der Waals surface area contributed by atoms with Crippen LogP contribution in [0.1, 0.15) is 83.9 Å². The Morgan fingerprint density at radius 3 is 2.07 bits per heavy atom. The number of nitrogens with one attached hydrogen (secondary N) is 1. The van der Waals surface area contributed by atoms with E-state index in [-0.39, 0.29) is 23.3 Å². The van der Waals surface area contributed by atoms with Crippen molar-refractivity contribution in [3.05, 3.63) is 58.0 Å². The van der Waals surface area contributed by atoms with Gasteiger partial charge in [-0.1, -0.05) is 51.3 Å². The van der Waals surface area contributed by atoms with Crippen LogP contribution in [0.5, 0.6) is 0 Å². The molecule has 5 heteroatoms. The van der Waals surface area contributed by atoms with Crippen LogP contribution in [0.2, 0.25) is 0 Å². The number of carbonyl (C=O) groups is 2. The van der Waals surface area contributed by atoms with Crippen LogP contribution in [-0.4, -0.2) is 22.9 Å². The van der Waals surface area contributed by atoms with Gasteiger partial charge in [0.15, 0.2) is 0 Å². The van der Waals surface area contributed by atoms with Gasteiger partial charge in [0, 0.05) is 5.56 Å². The van der Waals surface area contributed by atoms with Gasteiger partial charge in [0.2, 0.25) is 0 Å². The number of rotatable bonds is 5. The van der Waals surface area contributed by atoms with Crippen molar-refractivity contribution in [2.24, 2.45) is 5.41 Å². The van der Waals surface area contributed by atoms with E-state index in [9.17, 15) is 9.59 Å². The Labute approximate surface area is 174 Å². The van der Waals surface area contributed by atoms with Gasteiger partial charge in [-0.25, -0.2) is 5.01 Å². The largest absolute Gasteiger partial charge is 0.466 e. The zero-order valence-electron chi connectivity index (χ0n) is 19.0. The average Bonchev–Trinajstić information content (AvgIpc) is 2.93. The lowest BCUT2D eigenvalue weighted by atomic mass is 9.83. The molecule has 0 saturated carbocycles. The third-order valence-corrected chi connectivity index (χ3v) is 5.07. The van der Waals surface area contributed by atoms with Gasteiger partial charge in [-0.05, 0) is 57.7 Å². The first-order chi connectivity index (χ1) is 13.4. The van der Waals surface area contributed by atoms with Crippen LogP contribution in [0.25, 0.3) is 0 Å². The summed E-state index contributed by atoms with van der Waals surface area (Å²) in [4.78, 5) is 26.6. The van der Waals surface area contributed by atoms with Crippen molar-refractivity contribution >= 4 is 11.8 Å². The van der Waals surface area contributed by atoms with Crippen LogP contribution >= 0.6 is 0 Å². The molecule has 0 fully saturated rings. The smallest absolute Gasteiger partial charge is 0.273 e. The molecule has 5 nitrogen and oxygen atoms in total. The van der Waals surface area contributed by atoms with Crippen LogP contribution in [-0.2, 0) is 0 Å². The minimum atomic E-state index is -0.331. The second-order valence-electron chi connectivity index (χ2n) is 8.99. The fraction of sp³-hybridized carbons (Fsp3) is 0.500. The van der Waals surface area contributed by atoms with E-state index in [1.54, 1.807) is 19.9 Å². The monoisotopic (exact) mass is 398 g/mol. The zero-order valence-corrected chi connectivity index (χ0v) is 19.0. The molecule has 158 valence electrons. The van der Waals surface area contributed by atoms with E-state index < -0.39 is 0 Å². The Bertz CT molecular complexity index is 870. The van der Waals surface area contributed by atoms with E-state index in [4.69, 9.17) is 4.42 Å². The summed E-state index contributed by atoms with van der Waals surface area (Å²) in [6.45, 7) is 15.9. The topological polar surface area (TPSA) is 62.6 Å². The number of nitrogens with zero attached hydrogens (tertiary/aromatic N) is 1. The summed E-state index contributed by atoms with van der Waals surface area (Å²) in [5.41, 5.74) is 5.75. The molecule has 0 saturated heterocycles. The molecule has 2 rings (SSSR count). The van der Waals surface area contributed by atoms with Gasteiger partial charge in [-0.2, -0.15) is 0 Å². The molecule has 0 aliphatic rings. The molecule has 29 heavy (non-hydrogen) atoms. The number of aryl methyl sites for hydroxylation is 4. The molecule has 1 atom stereocenters. The van der Waals surface area contributed by atoms with Gasteiger partial charge in [0.05, 0.1) is 11.6 Å². The van der Waals surface area contributed by atoms with Gasteiger partial charge < -0.3 is 4.42 Å². The van der Waals surface area contributed by atoms with Crippen molar-refractivity contribution in [1.29, 1.82) is 0 Å². The number of furan rings is 1. The van der Waals surface area contributed by atoms with E-state index in [0.29, 0.717) is 22.6 Å². The van der Waals surface area contributed by atoms with Crippen molar-refractivity contribution in [2.45, 2.75) is 74.3 Å². The zero-order chi connectivity index (χ0) is 21.9. The Morgan fingerprint density at radius 2 is 1.62 bits per heavy atom. The van der Waals surface area contributed by atoms with Crippen molar-refractivity contribution < 1.29 is 14.0 Å². The second-order valence-corrected chi connectivity index (χ2v) is 8.99. The van der Waals surface area contributed by atoms with Gasteiger partial charge >= 0.3 is 0 Å². The lowest BCUT2D eigenvalue weighted by Gasteiger charge is -2.40. The minimum Gasteiger partial charge on any atom is -0.466 e. The van der Waals surface area contributed by atoms with Gasteiger partial charge in [-0.3, -0.25) is 15.0 Å². The summed E-state index contributed by atoms with van der Waals surface area (Å²) < 4.78 is 5.50. The molecule has 1 heterocycles. The van der Waals surface area contributed by atoms with Crippen molar-refractivity contribution in [3.63, 3.8) is 0 Å². The fourth-order valence-corrected chi connectivity index (χ4v) is 3.76. The highest BCUT2D eigenvalue weighted by atomic mass is 16.3. The number of hydrazine groups is 1. The molecular weight excluding hydrogens is 364 g/mol. The van der Waals surface area contributed by atoms with E-state index >= 15 is 0 Å². The molecule has 2 aromatic rings. The number of amides is 2. The molecule has 1 aromatic carbocycles. The lowest BCUT2D eigenvalue weighted by Crippen LogP contribution is -2.56. The summed E-state index contributed by atoms with van der Waals surface area (Å²) >= 11 is 0. The lowest BCUT2D eigenvalue weighted by molar-refractivity contribution is 0.0270. The molecular formula is C24H34N2O3. The summed E-state index contributed by atoms with van der Waals surface area (Å²) in [5.74, 6) is 0.682. The van der Waals surface area contributed by atoms with Crippen molar-refractivity contribution in [1.82, 2.24) is 10.4 Å². The Balaban J connectivity index is 2.48. The Kier molecular flexibility index (Phi) is 6.93. The molecule has 0 aliphatic carbocycles. The Morgan fingerprint density at radius 1 is 1.03 bits per heavy atom. The average molecular weight is 399 g/mol. The molecule has 0 spiro atoms. The fourth-order valence-electron chi connectivity index (χ4n) is 3.76. The molecule has 0 unspecified atom stereocenters. The van der Waals surface area contributed by atoms with Crippen LogP contribution < -0.4 is 5.43 Å². The summed E-state index contributed by atoms with van der Waals surface area (Å²) in [5, 5.41) is 1.53. The van der Waals surface area contributed by atoms with Crippen LogP contribution in [0.4, 0.5) is 0 Å². The highest BCUT2D eigenvalue weighted by Gasteiger charge is 2.35. The summed E-state index contributed by atoms with van der Waals surface area (Å²) in [6.07, 6.45) is 1.68. The predicted octanol–water partition coefficient (Wildman–Crippen LogP) is 5.52. The molecule has 0 bridgehead atoms. The highest BCUT2D eigenvalue weighted by Crippen LogP contribution is 2.29. The summed E-state index contributed by atoms with van der Waals surface area (Å²) in [6, 6.07) is 7.32. The van der Waals surface area contributed by atoms with Gasteiger partial charge in [0.1, 0.15) is 11.5 Å². The standard InChI is InChI=1S/C24H34N2O3/c1-9-10-21(24(6,7)8)26(23(28)19-12-15(2)11-16(3)13-19)25-22(27)20-14-17(4)29-18(20)5/h11-14,21H,9-10H2,1-8H3,(H,25,27)/t21-/m0/s1. The van der Waals surface area contributed by atoms with E-state index in [0.717, 1.165) is 24.0 Å². The van der Waals surface area contributed by atoms with Crippen LogP contribution in [0.3, 0.4) is 0 Å². The third-order valence-electron chi connectivity index (χ3n) is 5.07. The number of hydrogen-bond donors (Lipinski definition) is 1. The van der Waals surface area contributed by atoms with Crippen LogP contribution in [0, 0.1) is 33.1 Å². The van der Waals surface area contributed by atoms with Gasteiger partial charge in [0.25, 0.3) is 11.8 Å². The molecule has 0 radical (unpaired) electrons. The maximum atomic E-state index is 13.6. The number of hydrogen-bond acceptors (Lipinski definition) is 3. The van der Waals surface area contributed by atoms with Crippen molar-refractivity contribution in [3.8, 4) is 0 Å². The number of benzene rings is 1. The molecule has 0 aliphatic heterocycles. The van der Waals surface area contributed by atoms with E-state index in [1.807, 2.05) is 32.0 Å². The first kappa shape index (κ1) is 22.7. The Hall–Kier alpha value is -2.56. The normalized spacial score (nSPS) is 12.6.